The first-order valence-electron chi connectivity index (χ1n) is 6.39. The predicted octanol–water partition coefficient (Wildman–Crippen LogP) is 1.58. The maximum atomic E-state index is 11.7. The highest BCUT2D eigenvalue weighted by Gasteiger charge is 2.23. The molecule has 1 aromatic rings. The number of amides is 1. The lowest BCUT2D eigenvalue weighted by Gasteiger charge is -2.34. The summed E-state index contributed by atoms with van der Waals surface area (Å²) in [7, 11) is 1.67. The monoisotopic (exact) mass is 248 g/mol. The zero-order valence-corrected chi connectivity index (χ0v) is 11.0. The molecule has 1 saturated heterocycles. The Morgan fingerprint density at radius 2 is 2.39 bits per heavy atom. The molecule has 98 valence electrons. The number of nitrogens with one attached hydrogen (secondary N) is 1. The van der Waals surface area contributed by atoms with Gasteiger partial charge in [-0.15, -0.1) is 0 Å². The van der Waals surface area contributed by atoms with Crippen LogP contribution < -0.4 is 10.1 Å². The van der Waals surface area contributed by atoms with Gasteiger partial charge in [-0.2, -0.15) is 0 Å². The van der Waals surface area contributed by atoms with E-state index >= 15 is 0 Å². The highest BCUT2D eigenvalue weighted by molar-refractivity contribution is 5.76. The molecule has 1 aliphatic rings. The van der Waals surface area contributed by atoms with Crippen LogP contribution in [0.2, 0.25) is 0 Å². The van der Waals surface area contributed by atoms with Crippen molar-refractivity contribution >= 4 is 5.91 Å². The smallest absolute Gasteiger partial charge is 0.222 e. The zero-order chi connectivity index (χ0) is 13.0. The van der Waals surface area contributed by atoms with E-state index in [0.717, 1.165) is 25.4 Å². The van der Waals surface area contributed by atoms with Crippen LogP contribution in [0, 0.1) is 0 Å². The normalized spacial score (nSPS) is 19.7. The fourth-order valence-electron chi connectivity index (χ4n) is 2.28. The van der Waals surface area contributed by atoms with Gasteiger partial charge in [0.2, 0.25) is 5.91 Å². The van der Waals surface area contributed by atoms with Gasteiger partial charge in [-0.3, -0.25) is 4.79 Å². The summed E-state index contributed by atoms with van der Waals surface area (Å²) in [6.45, 7) is 4.28. The summed E-state index contributed by atoms with van der Waals surface area (Å²) in [6.07, 6.45) is 0.574. The SMILES string of the molecule is CCC(=O)N1CCNC(c2cccc(OC)c2)C1. The summed E-state index contributed by atoms with van der Waals surface area (Å²) in [5.41, 5.74) is 1.17. The molecular formula is C14H20N2O2. The fraction of sp³-hybridized carbons (Fsp3) is 0.500. The Labute approximate surface area is 108 Å². The van der Waals surface area contributed by atoms with Crippen molar-refractivity contribution in [1.29, 1.82) is 0 Å². The number of carbonyl (C=O) groups excluding carboxylic acids is 1. The topological polar surface area (TPSA) is 41.6 Å². The van der Waals surface area contributed by atoms with Crippen molar-refractivity contribution in [2.24, 2.45) is 0 Å². The molecule has 2 rings (SSSR count). The third-order valence-corrected chi connectivity index (χ3v) is 3.33. The van der Waals surface area contributed by atoms with Gasteiger partial charge in [-0.25, -0.2) is 0 Å². The molecule has 0 aromatic heterocycles. The average Bonchev–Trinajstić information content (AvgIpc) is 2.46. The number of piperazine rings is 1. The van der Waals surface area contributed by atoms with E-state index in [4.69, 9.17) is 4.74 Å². The lowest BCUT2D eigenvalue weighted by atomic mass is 10.0. The Kier molecular flexibility index (Phi) is 4.20. The number of benzene rings is 1. The lowest BCUT2D eigenvalue weighted by Crippen LogP contribution is -2.48. The molecule has 0 saturated carbocycles. The second-order valence-electron chi connectivity index (χ2n) is 4.48. The van der Waals surface area contributed by atoms with Crippen LogP contribution in [0.1, 0.15) is 24.9 Å². The molecule has 4 nitrogen and oxygen atoms in total. The fourth-order valence-corrected chi connectivity index (χ4v) is 2.28. The molecule has 4 heteroatoms. The lowest BCUT2D eigenvalue weighted by molar-refractivity contribution is -0.132. The Balaban J connectivity index is 2.10. The van der Waals surface area contributed by atoms with Gasteiger partial charge in [0.15, 0.2) is 0 Å². The number of hydrogen-bond acceptors (Lipinski definition) is 3. The number of hydrogen-bond donors (Lipinski definition) is 1. The van der Waals surface area contributed by atoms with Crippen LogP contribution in [0.25, 0.3) is 0 Å². The summed E-state index contributed by atoms with van der Waals surface area (Å²) in [5, 5.41) is 3.45. The minimum Gasteiger partial charge on any atom is -0.497 e. The van der Waals surface area contributed by atoms with Crippen molar-refractivity contribution in [1.82, 2.24) is 10.2 Å². The van der Waals surface area contributed by atoms with Gasteiger partial charge in [-0.1, -0.05) is 19.1 Å². The Morgan fingerprint density at radius 3 is 3.11 bits per heavy atom. The maximum absolute atomic E-state index is 11.7. The largest absolute Gasteiger partial charge is 0.497 e. The van der Waals surface area contributed by atoms with E-state index < -0.39 is 0 Å². The first kappa shape index (κ1) is 12.9. The quantitative estimate of drug-likeness (QED) is 0.883. The van der Waals surface area contributed by atoms with E-state index in [1.165, 1.54) is 5.56 Å². The van der Waals surface area contributed by atoms with Crippen molar-refractivity contribution in [3.8, 4) is 5.75 Å². The molecule has 1 aliphatic heterocycles. The Bertz CT molecular complexity index is 420. The summed E-state index contributed by atoms with van der Waals surface area (Å²) < 4.78 is 5.23. The van der Waals surface area contributed by atoms with Crippen LogP contribution in [0.5, 0.6) is 5.75 Å². The Hall–Kier alpha value is -1.55. The van der Waals surface area contributed by atoms with Gasteiger partial charge < -0.3 is 15.0 Å². The van der Waals surface area contributed by atoms with Crippen molar-refractivity contribution in [2.45, 2.75) is 19.4 Å². The van der Waals surface area contributed by atoms with Crippen LogP contribution in [-0.2, 0) is 4.79 Å². The molecule has 1 atom stereocenters. The van der Waals surface area contributed by atoms with Crippen LogP contribution in [0.3, 0.4) is 0 Å². The highest BCUT2D eigenvalue weighted by atomic mass is 16.5. The van der Waals surface area contributed by atoms with Crippen molar-refractivity contribution < 1.29 is 9.53 Å². The summed E-state index contributed by atoms with van der Waals surface area (Å²) in [5.74, 6) is 1.08. The molecular weight excluding hydrogens is 228 g/mol. The zero-order valence-electron chi connectivity index (χ0n) is 11.0. The van der Waals surface area contributed by atoms with Crippen molar-refractivity contribution in [3.05, 3.63) is 29.8 Å². The van der Waals surface area contributed by atoms with Crippen LogP contribution in [-0.4, -0.2) is 37.6 Å². The van der Waals surface area contributed by atoms with E-state index in [2.05, 4.69) is 11.4 Å². The first-order valence-corrected chi connectivity index (χ1v) is 6.39. The predicted molar refractivity (Wildman–Crippen MR) is 70.6 cm³/mol. The van der Waals surface area contributed by atoms with Crippen LogP contribution in [0.15, 0.2) is 24.3 Å². The van der Waals surface area contributed by atoms with E-state index in [-0.39, 0.29) is 11.9 Å². The molecule has 0 radical (unpaired) electrons. The summed E-state index contributed by atoms with van der Waals surface area (Å²) in [6, 6.07) is 8.21. The maximum Gasteiger partial charge on any atom is 0.222 e. The van der Waals surface area contributed by atoms with Crippen molar-refractivity contribution in [2.75, 3.05) is 26.7 Å². The summed E-state index contributed by atoms with van der Waals surface area (Å²) >= 11 is 0. The van der Waals surface area contributed by atoms with Crippen LogP contribution in [0.4, 0.5) is 0 Å². The van der Waals surface area contributed by atoms with Gasteiger partial charge in [0, 0.05) is 26.1 Å². The number of methoxy groups -OCH3 is 1. The van der Waals surface area contributed by atoms with Gasteiger partial charge in [0.25, 0.3) is 0 Å². The number of rotatable bonds is 3. The molecule has 1 amide bonds. The average molecular weight is 248 g/mol. The minimum absolute atomic E-state index is 0.198. The van der Waals surface area contributed by atoms with Gasteiger partial charge in [0.1, 0.15) is 5.75 Å². The highest BCUT2D eigenvalue weighted by Crippen LogP contribution is 2.21. The van der Waals surface area contributed by atoms with E-state index in [1.54, 1.807) is 7.11 Å². The molecule has 1 unspecified atom stereocenters. The minimum atomic E-state index is 0.198. The molecule has 1 N–H and O–H groups in total. The van der Waals surface area contributed by atoms with Gasteiger partial charge in [-0.05, 0) is 17.7 Å². The standard InChI is InChI=1S/C14H20N2O2/c1-3-14(17)16-8-7-15-13(10-16)11-5-4-6-12(9-11)18-2/h4-6,9,13,15H,3,7-8,10H2,1-2H3. The second-order valence-corrected chi connectivity index (χ2v) is 4.48. The van der Waals surface area contributed by atoms with E-state index in [9.17, 15) is 4.79 Å². The summed E-state index contributed by atoms with van der Waals surface area (Å²) in [4.78, 5) is 13.7. The van der Waals surface area contributed by atoms with Crippen molar-refractivity contribution in [3.63, 3.8) is 0 Å². The molecule has 0 spiro atoms. The molecule has 1 aromatic carbocycles. The number of nitrogens with zero attached hydrogens (tertiary/aromatic N) is 1. The second kappa shape index (κ2) is 5.87. The first-order chi connectivity index (χ1) is 8.74. The van der Waals surface area contributed by atoms with Crippen LogP contribution >= 0.6 is 0 Å². The molecule has 0 aliphatic carbocycles. The third kappa shape index (κ3) is 2.82. The molecule has 1 heterocycles. The van der Waals surface area contributed by atoms with Gasteiger partial charge >= 0.3 is 0 Å². The number of carbonyl (C=O) groups is 1. The molecule has 0 bridgehead atoms. The van der Waals surface area contributed by atoms with Gasteiger partial charge in [0.05, 0.1) is 13.2 Å². The van der Waals surface area contributed by atoms with E-state index in [1.807, 2.05) is 30.0 Å². The molecule has 1 fully saturated rings. The third-order valence-electron chi connectivity index (χ3n) is 3.33. The Morgan fingerprint density at radius 1 is 1.56 bits per heavy atom. The molecule has 18 heavy (non-hydrogen) atoms. The number of ether oxygens (including phenoxy) is 1. The van der Waals surface area contributed by atoms with E-state index in [0.29, 0.717) is 6.42 Å².